The van der Waals surface area contributed by atoms with Gasteiger partial charge in [-0.3, -0.25) is 0 Å². The van der Waals surface area contributed by atoms with Gasteiger partial charge in [0.25, 0.3) is 0 Å². The van der Waals surface area contributed by atoms with Crippen LogP contribution in [0.15, 0.2) is 59.5 Å². The van der Waals surface area contributed by atoms with Gasteiger partial charge in [0.1, 0.15) is 0 Å². The van der Waals surface area contributed by atoms with Crippen molar-refractivity contribution in [3.8, 4) is 6.07 Å². The molecule has 0 unspecified atom stereocenters. The zero-order valence-electron chi connectivity index (χ0n) is 8.81. The Morgan fingerprint density at radius 2 is 1.94 bits per heavy atom. The third-order valence-corrected chi connectivity index (χ3v) is 3.47. The van der Waals surface area contributed by atoms with E-state index >= 15 is 0 Å². The molecular weight excluding hydrogens is 214 g/mol. The first kappa shape index (κ1) is 10.8. The second-order valence-corrected chi connectivity index (χ2v) is 4.50. The maximum atomic E-state index is 8.66. The number of hydrogen-bond donors (Lipinski definition) is 0. The van der Waals surface area contributed by atoms with E-state index in [-0.39, 0.29) is 0 Å². The summed E-state index contributed by atoms with van der Waals surface area (Å²) in [6, 6.07) is 16.6. The summed E-state index contributed by atoms with van der Waals surface area (Å²) in [6.45, 7) is 3.69. The van der Waals surface area contributed by atoms with Gasteiger partial charge >= 0.3 is 0 Å². The van der Waals surface area contributed by atoms with Crippen LogP contribution in [0.4, 0.5) is 0 Å². The average molecular weight is 225 g/mol. The standard InChI is InChI=1S/C14H11NS/c1-11(9-15)10-16-14-8-4-6-12-5-2-3-7-13(12)14/h2-8H,1,10H2. The first-order chi connectivity index (χ1) is 7.81. The van der Waals surface area contributed by atoms with Crippen LogP contribution in [0, 0.1) is 11.3 Å². The third-order valence-electron chi connectivity index (χ3n) is 2.31. The van der Waals surface area contributed by atoms with Gasteiger partial charge in [0.2, 0.25) is 0 Å². The van der Waals surface area contributed by atoms with Crippen LogP contribution >= 0.6 is 11.8 Å². The molecule has 0 aliphatic carbocycles. The van der Waals surface area contributed by atoms with Gasteiger partial charge in [-0.05, 0) is 16.8 Å². The van der Waals surface area contributed by atoms with Gasteiger partial charge < -0.3 is 0 Å². The van der Waals surface area contributed by atoms with E-state index in [0.717, 1.165) is 0 Å². The second kappa shape index (κ2) is 4.87. The lowest BCUT2D eigenvalue weighted by Crippen LogP contribution is -1.83. The number of benzene rings is 2. The van der Waals surface area contributed by atoms with Crippen molar-refractivity contribution in [3.63, 3.8) is 0 Å². The molecule has 0 aliphatic heterocycles. The molecule has 0 bridgehead atoms. The van der Waals surface area contributed by atoms with E-state index in [2.05, 4.69) is 36.9 Å². The molecule has 0 N–H and O–H groups in total. The van der Waals surface area contributed by atoms with Gasteiger partial charge in [-0.1, -0.05) is 43.0 Å². The van der Waals surface area contributed by atoms with E-state index in [1.165, 1.54) is 15.7 Å². The summed E-state index contributed by atoms with van der Waals surface area (Å²) in [5.41, 5.74) is 0.609. The van der Waals surface area contributed by atoms with Crippen molar-refractivity contribution < 1.29 is 0 Å². The van der Waals surface area contributed by atoms with Crippen LogP contribution < -0.4 is 0 Å². The molecule has 78 valence electrons. The van der Waals surface area contributed by atoms with E-state index in [0.29, 0.717) is 11.3 Å². The zero-order chi connectivity index (χ0) is 11.4. The van der Waals surface area contributed by atoms with E-state index in [1.54, 1.807) is 11.8 Å². The number of nitrogens with zero attached hydrogens (tertiary/aromatic N) is 1. The lowest BCUT2D eigenvalue weighted by atomic mass is 10.1. The molecule has 0 atom stereocenters. The van der Waals surface area contributed by atoms with Crippen molar-refractivity contribution >= 4 is 22.5 Å². The Labute approximate surface area is 99.4 Å². The lowest BCUT2D eigenvalue weighted by Gasteiger charge is -2.04. The van der Waals surface area contributed by atoms with Crippen molar-refractivity contribution in [2.24, 2.45) is 0 Å². The molecule has 2 heteroatoms. The molecule has 0 heterocycles. The molecule has 0 spiro atoms. The maximum absolute atomic E-state index is 8.66. The minimum absolute atomic E-state index is 0.609. The van der Waals surface area contributed by atoms with Gasteiger partial charge in [0, 0.05) is 16.2 Å². The highest BCUT2D eigenvalue weighted by molar-refractivity contribution is 7.99. The number of hydrogen-bond acceptors (Lipinski definition) is 2. The fraction of sp³-hybridized carbons (Fsp3) is 0.0714. The summed E-state index contributed by atoms with van der Waals surface area (Å²) in [7, 11) is 0. The Bertz CT molecular complexity index is 561. The second-order valence-electron chi connectivity index (χ2n) is 3.48. The van der Waals surface area contributed by atoms with E-state index in [9.17, 15) is 0 Å². The highest BCUT2D eigenvalue weighted by Gasteiger charge is 2.01. The van der Waals surface area contributed by atoms with Gasteiger partial charge in [-0.25, -0.2) is 0 Å². The monoisotopic (exact) mass is 225 g/mol. The highest BCUT2D eigenvalue weighted by atomic mass is 32.2. The van der Waals surface area contributed by atoms with Crippen molar-refractivity contribution in [1.82, 2.24) is 0 Å². The topological polar surface area (TPSA) is 23.8 Å². The minimum Gasteiger partial charge on any atom is -0.193 e. The molecule has 0 aliphatic rings. The molecule has 0 saturated carbocycles. The van der Waals surface area contributed by atoms with Crippen molar-refractivity contribution in [2.45, 2.75) is 4.90 Å². The zero-order valence-corrected chi connectivity index (χ0v) is 9.63. The fourth-order valence-electron chi connectivity index (χ4n) is 1.52. The molecule has 2 rings (SSSR count). The molecule has 0 saturated heterocycles. The van der Waals surface area contributed by atoms with Crippen molar-refractivity contribution in [2.75, 3.05) is 5.75 Å². The third kappa shape index (κ3) is 2.26. The molecular formula is C14H11NS. The van der Waals surface area contributed by atoms with Crippen LogP contribution in [0.1, 0.15) is 0 Å². The minimum atomic E-state index is 0.609. The van der Waals surface area contributed by atoms with Crippen LogP contribution in [0.3, 0.4) is 0 Å². The first-order valence-corrected chi connectivity index (χ1v) is 5.98. The van der Waals surface area contributed by atoms with Gasteiger partial charge in [-0.15, -0.1) is 11.8 Å². The summed E-state index contributed by atoms with van der Waals surface area (Å²) in [5, 5.41) is 11.1. The quantitative estimate of drug-likeness (QED) is 0.582. The Kier molecular flexibility index (Phi) is 3.28. The Morgan fingerprint density at radius 1 is 1.19 bits per heavy atom. The lowest BCUT2D eigenvalue weighted by molar-refractivity contribution is 1.46. The first-order valence-electron chi connectivity index (χ1n) is 4.99. The van der Waals surface area contributed by atoms with E-state index < -0.39 is 0 Å². The number of nitriles is 1. The molecule has 16 heavy (non-hydrogen) atoms. The molecule has 0 radical (unpaired) electrons. The fourth-order valence-corrected chi connectivity index (χ4v) is 2.43. The predicted molar refractivity (Wildman–Crippen MR) is 69.4 cm³/mol. The van der Waals surface area contributed by atoms with E-state index in [4.69, 9.17) is 5.26 Å². The van der Waals surface area contributed by atoms with Crippen LogP contribution in [-0.4, -0.2) is 5.75 Å². The molecule has 0 aromatic heterocycles. The number of rotatable bonds is 3. The summed E-state index contributed by atoms with van der Waals surface area (Å²) in [4.78, 5) is 1.20. The summed E-state index contributed by atoms with van der Waals surface area (Å²) < 4.78 is 0. The number of fused-ring (bicyclic) bond motifs is 1. The van der Waals surface area contributed by atoms with Crippen molar-refractivity contribution in [1.29, 1.82) is 5.26 Å². The maximum Gasteiger partial charge on any atom is 0.0949 e. The van der Waals surface area contributed by atoms with Gasteiger partial charge in [-0.2, -0.15) is 5.26 Å². The smallest absolute Gasteiger partial charge is 0.0949 e. The molecule has 2 aromatic carbocycles. The molecule has 0 amide bonds. The van der Waals surface area contributed by atoms with Gasteiger partial charge in [0.15, 0.2) is 0 Å². The van der Waals surface area contributed by atoms with Crippen LogP contribution in [-0.2, 0) is 0 Å². The predicted octanol–water partition coefficient (Wildman–Crippen LogP) is 4.01. The largest absolute Gasteiger partial charge is 0.193 e. The normalized spacial score (nSPS) is 9.94. The Balaban J connectivity index is 2.31. The van der Waals surface area contributed by atoms with Crippen LogP contribution in [0.25, 0.3) is 10.8 Å². The number of thioether (sulfide) groups is 1. The van der Waals surface area contributed by atoms with Gasteiger partial charge in [0.05, 0.1) is 6.07 Å². The SMILES string of the molecule is C=C(C#N)CSc1cccc2ccccc12. The molecule has 1 nitrogen and oxygen atoms in total. The average Bonchev–Trinajstić information content (AvgIpc) is 2.35. The Hall–Kier alpha value is -1.72. The van der Waals surface area contributed by atoms with Crippen LogP contribution in [0.5, 0.6) is 0 Å². The summed E-state index contributed by atoms with van der Waals surface area (Å²) in [6.07, 6.45) is 0. The van der Waals surface area contributed by atoms with Crippen LogP contribution in [0.2, 0.25) is 0 Å². The molecule has 0 fully saturated rings. The summed E-state index contributed by atoms with van der Waals surface area (Å²) >= 11 is 1.66. The summed E-state index contributed by atoms with van der Waals surface area (Å²) in [5.74, 6) is 0.657. The van der Waals surface area contributed by atoms with Crippen molar-refractivity contribution in [3.05, 3.63) is 54.6 Å². The van der Waals surface area contributed by atoms with E-state index in [1.807, 2.05) is 18.2 Å². The molecule has 2 aromatic rings. The highest BCUT2D eigenvalue weighted by Crippen LogP contribution is 2.28. The Morgan fingerprint density at radius 3 is 2.75 bits per heavy atom.